The van der Waals surface area contributed by atoms with Crippen molar-refractivity contribution in [3.63, 3.8) is 0 Å². The molecule has 0 aliphatic rings. The van der Waals surface area contributed by atoms with Crippen LogP contribution in [0.15, 0.2) is 12.3 Å². The van der Waals surface area contributed by atoms with Crippen LogP contribution in [-0.2, 0) is 0 Å². The van der Waals surface area contributed by atoms with E-state index >= 15 is 0 Å². The van der Waals surface area contributed by atoms with Crippen LogP contribution in [0.3, 0.4) is 0 Å². The Labute approximate surface area is 100 Å². The first kappa shape index (κ1) is 13.2. The smallest absolute Gasteiger partial charge is 0.337 e. The number of nitrogens with zero attached hydrogens (tertiary/aromatic N) is 2. The van der Waals surface area contributed by atoms with Gasteiger partial charge >= 0.3 is 5.97 Å². The predicted octanol–water partition coefficient (Wildman–Crippen LogP) is 0.724. The maximum Gasteiger partial charge on any atom is 0.337 e. The number of nitrogens with one attached hydrogen (secondary N) is 1. The zero-order valence-corrected chi connectivity index (χ0v) is 10.3. The molecule has 0 fully saturated rings. The Hall–Kier alpha value is -1.82. The number of aromatic carboxylic acids is 1. The summed E-state index contributed by atoms with van der Waals surface area (Å²) in [6.07, 6.45) is 1.36. The van der Waals surface area contributed by atoms with Crippen molar-refractivity contribution in [2.75, 3.05) is 31.7 Å². The van der Waals surface area contributed by atoms with E-state index in [1.165, 1.54) is 12.3 Å². The maximum absolute atomic E-state index is 10.9. The zero-order valence-electron chi connectivity index (χ0n) is 10.3. The van der Waals surface area contributed by atoms with E-state index < -0.39 is 5.97 Å². The number of carboxylic acid groups (broad SMARTS) is 1. The van der Waals surface area contributed by atoms with E-state index in [9.17, 15) is 4.79 Å². The number of nitrogen functional groups attached to an aromatic ring is 1. The molecule has 4 N–H and O–H groups in total. The summed E-state index contributed by atoms with van der Waals surface area (Å²) in [6.45, 7) is 2.83. The number of carboxylic acids is 1. The van der Waals surface area contributed by atoms with E-state index in [0.717, 1.165) is 6.54 Å². The largest absolute Gasteiger partial charge is 0.478 e. The Morgan fingerprint density at radius 3 is 2.82 bits per heavy atom. The van der Waals surface area contributed by atoms with Gasteiger partial charge in [0.25, 0.3) is 0 Å². The number of hydrogen-bond acceptors (Lipinski definition) is 5. The van der Waals surface area contributed by atoms with Gasteiger partial charge in [0, 0.05) is 12.6 Å². The second-order valence-corrected chi connectivity index (χ2v) is 4.27. The van der Waals surface area contributed by atoms with Crippen molar-refractivity contribution < 1.29 is 9.90 Å². The number of likely N-dealkylation sites (N-methyl/N-ethyl adjacent to an activating group) is 1. The molecule has 1 atom stereocenters. The molecule has 94 valence electrons. The molecular formula is C11H18N4O2. The first-order chi connectivity index (χ1) is 7.90. The maximum atomic E-state index is 10.9. The third-order valence-corrected chi connectivity index (χ3v) is 2.20. The molecule has 1 aromatic heterocycles. The molecule has 6 nitrogen and oxygen atoms in total. The second kappa shape index (κ2) is 5.49. The molecule has 0 aliphatic heterocycles. The Morgan fingerprint density at radius 2 is 2.29 bits per heavy atom. The summed E-state index contributed by atoms with van der Waals surface area (Å²) in [7, 11) is 3.94. The first-order valence-corrected chi connectivity index (χ1v) is 5.30. The van der Waals surface area contributed by atoms with Gasteiger partial charge in [-0.3, -0.25) is 0 Å². The van der Waals surface area contributed by atoms with Gasteiger partial charge in [-0.15, -0.1) is 0 Å². The van der Waals surface area contributed by atoms with Gasteiger partial charge in [0.2, 0.25) is 0 Å². The lowest BCUT2D eigenvalue weighted by Gasteiger charge is -2.19. The molecule has 0 aromatic carbocycles. The minimum atomic E-state index is -1.05. The highest BCUT2D eigenvalue weighted by Gasteiger charge is 2.11. The van der Waals surface area contributed by atoms with E-state index in [0.29, 0.717) is 5.82 Å². The molecule has 1 rings (SSSR count). The van der Waals surface area contributed by atoms with Crippen molar-refractivity contribution in [1.82, 2.24) is 9.88 Å². The Balaban J connectivity index is 2.79. The van der Waals surface area contributed by atoms with Gasteiger partial charge in [-0.2, -0.15) is 0 Å². The van der Waals surface area contributed by atoms with E-state index in [1.807, 2.05) is 25.9 Å². The van der Waals surface area contributed by atoms with Crippen LogP contribution in [0.1, 0.15) is 17.3 Å². The third kappa shape index (κ3) is 3.92. The summed E-state index contributed by atoms with van der Waals surface area (Å²) in [5, 5.41) is 12.0. The molecule has 0 bridgehead atoms. The van der Waals surface area contributed by atoms with Crippen molar-refractivity contribution >= 4 is 17.5 Å². The minimum absolute atomic E-state index is 0.0690. The molecule has 1 aromatic rings. The van der Waals surface area contributed by atoms with Gasteiger partial charge in [0.05, 0.1) is 17.4 Å². The number of hydrogen-bond donors (Lipinski definition) is 3. The van der Waals surface area contributed by atoms with Gasteiger partial charge in [0.1, 0.15) is 5.82 Å². The monoisotopic (exact) mass is 238 g/mol. The zero-order chi connectivity index (χ0) is 13.0. The lowest BCUT2D eigenvalue weighted by atomic mass is 10.2. The molecule has 6 heteroatoms. The van der Waals surface area contributed by atoms with E-state index in [4.69, 9.17) is 10.8 Å². The molecule has 0 saturated heterocycles. The highest BCUT2D eigenvalue weighted by Crippen LogP contribution is 2.15. The van der Waals surface area contributed by atoms with Crippen LogP contribution in [0.25, 0.3) is 0 Å². The normalized spacial score (nSPS) is 12.5. The number of aromatic nitrogens is 1. The minimum Gasteiger partial charge on any atom is -0.478 e. The molecule has 0 spiro atoms. The summed E-state index contributed by atoms with van der Waals surface area (Å²) in [5.74, 6) is -0.529. The summed E-state index contributed by atoms with van der Waals surface area (Å²) in [6, 6.07) is 1.62. The Morgan fingerprint density at radius 1 is 1.65 bits per heavy atom. The SMILES string of the molecule is CC(CN(C)C)Nc1cc(C(=O)O)c(N)cn1. The van der Waals surface area contributed by atoms with Crippen molar-refractivity contribution in [2.24, 2.45) is 0 Å². The molecular weight excluding hydrogens is 220 g/mol. The molecule has 0 amide bonds. The summed E-state index contributed by atoms with van der Waals surface area (Å²) in [5.41, 5.74) is 5.76. The quantitative estimate of drug-likeness (QED) is 0.700. The molecule has 0 radical (unpaired) electrons. The average Bonchev–Trinajstić information content (AvgIpc) is 2.19. The first-order valence-electron chi connectivity index (χ1n) is 5.30. The predicted molar refractivity (Wildman–Crippen MR) is 67.2 cm³/mol. The standard InChI is InChI=1S/C11H18N4O2/c1-7(6-15(2)3)14-10-4-8(11(16)17)9(12)5-13-10/h4-5,7H,6,12H2,1-3H3,(H,13,14)(H,16,17). The van der Waals surface area contributed by atoms with Crippen molar-refractivity contribution in [1.29, 1.82) is 0 Å². The summed E-state index contributed by atoms with van der Waals surface area (Å²) >= 11 is 0. The molecule has 17 heavy (non-hydrogen) atoms. The van der Waals surface area contributed by atoms with E-state index in [-0.39, 0.29) is 17.3 Å². The fourth-order valence-corrected chi connectivity index (χ4v) is 1.58. The molecule has 0 aliphatic carbocycles. The molecule has 0 saturated carbocycles. The van der Waals surface area contributed by atoms with Crippen LogP contribution in [0.5, 0.6) is 0 Å². The van der Waals surface area contributed by atoms with Crippen LogP contribution in [0, 0.1) is 0 Å². The third-order valence-electron chi connectivity index (χ3n) is 2.20. The van der Waals surface area contributed by atoms with E-state index in [1.54, 1.807) is 0 Å². The Kier molecular flexibility index (Phi) is 4.28. The summed E-state index contributed by atoms with van der Waals surface area (Å²) < 4.78 is 0. The number of carbonyl (C=O) groups is 1. The lowest BCUT2D eigenvalue weighted by Crippen LogP contribution is -2.30. The number of nitrogens with two attached hydrogens (primary N) is 1. The van der Waals surface area contributed by atoms with Crippen molar-refractivity contribution in [3.05, 3.63) is 17.8 Å². The number of pyridine rings is 1. The van der Waals surface area contributed by atoms with Gasteiger partial charge in [-0.1, -0.05) is 0 Å². The highest BCUT2D eigenvalue weighted by molar-refractivity contribution is 5.94. The van der Waals surface area contributed by atoms with Crippen LogP contribution in [0.4, 0.5) is 11.5 Å². The average molecular weight is 238 g/mol. The number of rotatable bonds is 5. The van der Waals surface area contributed by atoms with Crippen LogP contribution >= 0.6 is 0 Å². The molecule has 1 heterocycles. The molecule has 1 unspecified atom stereocenters. The topological polar surface area (TPSA) is 91.5 Å². The van der Waals surface area contributed by atoms with Gasteiger partial charge in [-0.05, 0) is 27.1 Å². The fraction of sp³-hybridized carbons (Fsp3) is 0.455. The van der Waals surface area contributed by atoms with Gasteiger partial charge in [-0.25, -0.2) is 9.78 Å². The second-order valence-electron chi connectivity index (χ2n) is 4.27. The summed E-state index contributed by atoms with van der Waals surface area (Å²) in [4.78, 5) is 17.0. The fourth-order valence-electron chi connectivity index (χ4n) is 1.58. The van der Waals surface area contributed by atoms with Gasteiger partial charge in [0.15, 0.2) is 0 Å². The highest BCUT2D eigenvalue weighted by atomic mass is 16.4. The van der Waals surface area contributed by atoms with Crippen molar-refractivity contribution in [2.45, 2.75) is 13.0 Å². The van der Waals surface area contributed by atoms with E-state index in [2.05, 4.69) is 10.3 Å². The van der Waals surface area contributed by atoms with Gasteiger partial charge < -0.3 is 21.1 Å². The Bertz CT molecular complexity index is 406. The number of anilines is 2. The lowest BCUT2D eigenvalue weighted by molar-refractivity contribution is 0.0698. The van der Waals surface area contributed by atoms with Crippen LogP contribution in [-0.4, -0.2) is 47.6 Å². The van der Waals surface area contributed by atoms with Crippen LogP contribution in [0.2, 0.25) is 0 Å². The van der Waals surface area contributed by atoms with Crippen molar-refractivity contribution in [3.8, 4) is 0 Å². The van der Waals surface area contributed by atoms with Crippen LogP contribution < -0.4 is 11.1 Å².